The van der Waals surface area contributed by atoms with Crippen LogP contribution in [0.3, 0.4) is 0 Å². The van der Waals surface area contributed by atoms with Crippen LogP contribution in [0.5, 0.6) is 0 Å². The lowest BCUT2D eigenvalue weighted by atomic mass is 9.79. The molecule has 29 heavy (non-hydrogen) atoms. The first kappa shape index (κ1) is 26.0. The Balaban J connectivity index is 2.30. The third-order valence-electron chi connectivity index (χ3n) is 6.28. The maximum atomic E-state index is 12.7. The van der Waals surface area contributed by atoms with Gasteiger partial charge in [0.15, 0.2) is 0 Å². The first-order valence-electron chi connectivity index (χ1n) is 12.4. The van der Waals surface area contributed by atoms with E-state index in [1.54, 1.807) is 0 Å². The molecule has 0 spiro atoms. The highest BCUT2D eigenvalue weighted by molar-refractivity contribution is 5.81. The second-order valence-corrected chi connectivity index (χ2v) is 9.49. The topological polar surface area (TPSA) is 63.6 Å². The van der Waals surface area contributed by atoms with Gasteiger partial charge in [0.1, 0.15) is 6.10 Å². The van der Waals surface area contributed by atoms with Gasteiger partial charge in [-0.25, -0.2) is 0 Å². The van der Waals surface area contributed by atoms with Crippen LogP contribution in [0.2, 0.25) is 0 Å². The largest absolute Gasteiger partial charge is 0.481 e. The molecule has 3 unspecified atom stereocenters. The molecular formula is C25H46O4. The summed E-state index contributed by atoms with van der Waals surface area (Å²) in [7, 11) is 0. The van der Waals surface area contributed by atoms with Gasteiger partial charge in [-0.05, 0) is 38.0 Å². The van der Waals surface area contributed by atoms with Crippen molar-refractivity contribution < 1.29 is 19.4 Å². The molecule has 0 aliphatic heterocycles. The van der Waals surface area contributed by atoms with E-state index in [1.165, 1.54) is 57.8 Å². The summed E-state index contributed by atoms with van der Waals surface area (Å²) in [5, 5.41) is 9.43. The highest BCUT2D eigenvalue weighted by Crippen LogP contribution is 2.32. The van der Waals surface area contributed by atoms with Gasteiger partial charge < -0.3 is 9.84 Å². The molecule has 0 heterocycles. The number of rotatable bonds is 16. The minimum absolute atomic E-state index is 0.0621. The zero-order valence-corrected chi connectivity index (χ0v) is 19.3. The van der Waals surface area contributed by atoms with Crippen LogP contribution in [-0.2, 0) is 14.3 Å². The molecule has 1 aliphatic carbocycles. The van der Waals surface area contributed by atoms with E-state index in [0.29, 0.717) is 18.8 Å². The molecule has 0 saturated heterocycles. The van der Waals surface area contributed by atoms with E-state index >= 15 is 0 Å². The van der Waals surface area contributed by atoms with Crippen molar-refractivity contribution >= 4 is 11.9 Å². The molecule has 1 N–H and O–H groups in total. The van der Waals surface area contributed by atoms with Crippen LogP contribution in [0.4, 0.5) is 0 Å². The summed E-state index contributed by atoms with van der Waals surface area (Å²) in [6.45, 7) is 6.56. The zero-order chi connectivity index (χ0) is 21.5. The minimum atomic E-state index is -0.846. The third-order valence-corrected chi connectivity index (χ3v) is 6.28. The van der Waals surface area contributed by atoms with E-state index in [2.05, 4.69) is 20.8 Å². The fourth-order valence-electron chi connectivity index (χ4n) is 4.57. The predicted octanol–water partition coefficient (Wildman–Crippen LogP) is 7.15. The van der Waals surface area contributed by atoms with E-state index in [0.717, 1.165) is 32.1 Å². The fourth-order valence-corrected chi connectivity index (χ4v) is 4.57. The first-order valence-corrected chi connectivity index (χ1v) is 12.4. The second kappa shape index (κ2) is 15.7. The highest BCUT2D eigenvalue weighted by Gasteiger charge is 2.37. The molecule has 1 rings (SSSR count). The number of carboxylic acid groups (broad SMARTS) is 1. The Labute approximate surface area is 179 Å². The van der Waals surface area contributed by atoms with Gasteiger partial charge in [-0.2, -0.15) is 0 Å². The Hall–Kier alpha value is -1.06. The van der Waals surface area contributed by atoms with Crippen molar-refractivity contribution in [1.82, 2.24) is 0 Å². The smallest absolute Gasteiger partial charge is 0.310 e. The third kappa shape index (κ3) is 11.6. The molecule has 3 atom stereocenters. The van der Waals surface area contributed by atoms with Crippen LogP contribution >= 0.6 is 0 Å². The van der Waals surface area contributed by atoms with Crippen LogP contribution in [0, 0.1) is 17.8 Å². The molecule has 0 aromatic heterocycles. The van der Waals surface area contributed by atoms with E-state index in [9.17, 15) is 14.7 Å². The van der Waals surface area contributed by atoms with Crippen LogP contribution in [-0.4, -0.2) is 23.1 Å². The van der Waals surface area contributed by atoms with Crippen LogP contribution in [0.15, 0.2) is 0 Å². The number of hydrogen-bond acceptors (Lipinski definition) is 3. The van der Waals surface area contributed by atoms with Crippen LogP contribution in [0.1, 0.15) is 124 Å². The normalized spacial score (nSPS) is 20.6. The lowest BCUT2D eigenvalue weighted by Gasteiger charge is -2.29. The van der Waals surface area contributed by atoms with E-state index in [-0.39, 0.29) is 12.1 Å². The molecule has 1 fully saturated rings. The average Bonchev–Trinajstić information content (AvgIpc) is 2.68. The van der Waals surface area contributed by atoms with Crippen molar-refractivity contribution in [1.29, 1.82) is 0 Å². The summed E-state index contributed by atoms with van der Waals surface area (Å²) in [4.78, 5) is 24.2. The molecule has 4 heteroatoms. The van der Waals surface area contributed by atoms with Gasteiger partial charge >= 0.3 is 11.9 Å². The number of aliphatic carboxylic acids is 1. The number of carbonyl (C=O) groups excluding carboxylic acids is 1. The summed E-state index contributed by atoms with van der Waals surface area (Å²) < 4.78 is 5.86. The van der Waals surface area contributed by atoms with Gasteiger partial charge in [0.05, 0.1) is 11.8 Å². The summed E-state index contributed by atoms with van der Waals surface area (Å²) in [5.41, 5.74) is 0. The number of ether oxygens (including phenoxy) is 1. The summed E-state index contributed by atoms with van der Waals surface area (Å²) in [6.07, 6.45) is 17.8. The van der Waals surface area contributed by atoms with Crippen molar-refractivity contribution in [2.75, 3.05) is 0 Å². The highest BCUT2D eigenvalue weighted by atomic mass is 16.5. The Morgan fingerprint density at radius 2 is 1.38 bits per heavy atom. The van der Waals surface area contributed by atoms with Gasteiger partial charge in [0, 0.05) is 0 Å². The van der Waals surface area contributed by atoms with Crippen molar-refractivity contribution in [3.63, 3.8) is 0 Å². The van der Waals surface area contributed by atoms with Crippen molar-refractivity contribution in [2.45, 2.75) is 130 Å². The fraction of sp³-hybridized carbons (Fsp3) is 0.920. The Bertz CT molecular complexity index is 446. The molecule has 1 aliphatic rings. The number of carbonyl (C=O) groups is 2. The van der Waals surface area contributed by atoms with Gasteiger partial charge in [-0.1, -0.05) is 91.4 Å². The van der Waals surface area contributed by atoms with Gasteiger partial charge in [0.25, 0.3) is 0 Å². The van der Waals surface area contributed by atoms with Gasteiger partial charge in [0.2, 0.25) is 0 Å². The summed E-state index contributed by atoms with van der Waals surface area (Å²) >= 11 is 0. The molecule has 0 amide bonds. The number of hydrogen-bond donors (Lipinski definition) is 1. The van der Waals surface area contributed by atoms with Crippen LogP contribution in [0.25, 0.3) is 0 Å². The molecule has 170 valence electrons. The average molecular weight is 411 g/mol. The summed E-state index contributed by atoms with van der Waals surface area (Å²) in [5.74, 6) is -1.66. The predicted molar refractivity (Wildman–Crippen MR) is 119 cm³/mol. The number of esters is 1. The minimum Gasteiger partial charge on any atom is -0.481 e. The zero-order valence-electron chi connectivity index (χ0n) is 19.3. The van der Waals surface area contributed by atoms with E-state index in [4.69, 9.17) is 4.74 Å². The maximum absolute atomic E-state index is 12.7. The maximum Gasteiger partial charge on any atom is 0.310 e. The van der Waals surface area contributed by atoms with Gasteiger partial charge in [-0.3, -0.25) is 9.59 Å². The Morgan fingerprint density at radius 3 is 1.90 bits per heavy atom. The molecular weight excluding hydrogens is 364 g/mol. The Morgan fingerprint density at radius 1 is 0.862 bits per heavy atom. The lowest BCUT2D eigenvalue weighted by Crippen LogP contribution is -2.35. The SMILES string of the molecule is CCCCCCCCCCCCC(CC(C)C)OC(=O)C1CCCCC1C(=O)O. The van der Waals surface area contributed by atoms with Crippen molar-refractivity contribution in [3.05, 3.63) is 0 Å². The summed E-state index contributed by atoms with van der Waals surface area (Å²) in [6, 6.07) is 0. The van der Waals surface area contributed by atoms with Crippen molar-refractivity contribution in [2.24, 2.45) is 17.8 Å². The molecule has 0 radical (unpaired) electrons. The van der Waals surface area contributed by atoms with Gasteiger partial charge in [-0.15, -0.1) is 0 Å². The monoisotopic (exact) mass is 410 g/mol. The molecule has 0 aromatic rings. The number of unbranched alkanes of at least 4 members (excludes halogenated alkanes) is 9. The van der Waals surface area contributed by atoms with Crippen molar-refractivity contribution in [3.8, 4) is 0 Å². The number of carboxylic acids is 1. The standard InChI is InChI=1S/C25H46O4/c1-4-5-6-7-8-9-10-11-12-13-16-21(19-20(2)3)29-25(28)23-18-15-14-17-22(23)24(26)27/h20-23H,4-19H2,1-3H3,(H,26,27). The molecule has 0 aromatic carbocycles. The molecule has 1 saturated carbocycles. The van der Waals surface area contributed by atoms with E-state index < -0.39 is 17.8 Å². The first-order chi connectivity index (χ1) is 14.0. The van der Waals surface area contributed by atoms with E-state index in [1.807, 2.05) is 0 Å². The Kier molecular flexibility index (Phi) is 14.1. The molecule has 0 bridgehead atoms. The molecule has 4 nitrogen and oxygen atoms in total. The lowest BCUT2D eigenvalue weighted by molar-refractivity contribution is -0.164. The van der Waals surface area contributed by atoms with Crippen LogP contribution < -0.4 is 0 Å². The quantitative estimate of drug-likeness (QED) is 0.217. The second-order valence-electron chi connectivity index (χ2n) is 9.49.